The number of ketones is 1. The van der Waals surface area contributed by atoms with E-state index in [1.807, 2.05) is 0 Å². The Morgan fingerprint density at radius 2 is 2.00 bits per heavy atom. The van der Waals surface area contributed by atoms with Crippen LogP contribution in [-0.2, 0) is 19.1 Å². The van der Waals surface area contributed by atoms with E-state index in [2.05, 4.69) is 0 Å². The summed E-state index contributed by atoms with van der Waals surface area (Å²) in [5, 5.41) is 28.2. The molecular weight excluding hydrogens is 380 g/mol. The Morgan fingerprint density at radius 1 is 1.28 bits per heavy atom. The number of carboxylic acids is 1. The molecular formula is C21H20O8. The number of hydrogen-bond acceptors (Lipinski definition) is 7. The fraction of sp³-hybridized carbons (Fsp3) is 0.286. The summed E-state index contributed by atoms with van der Waals surface area (Å²) in [4.78, 5) is 36.0. The van der Waals surface area contributed by atoms with Crippen LogP contribution >= 0.6 is 0 Å². The summed E-state index contributed by atoms with van der Waals surface area (Å²) in [7, 11) is 0. The van der Waals surface area contributed by atoms with Gasteiger partial charge in [0.1, 0.15) is 35.5 Å². The molecule has 3 rings (SSSR count). The predicted molar refractivity (Wildman–Crippen MR) is 100 cm³/mol. The lowest BCUT2D eigenvalue weighted by Crippen LogP contribution is -2.38. The lowest BCUT2D eigenvalue weighted by atomic mass is 9.80. The van der Waals surface area contributed by atoms with Gasteiger partial charge in [0.05, 0.1) is 5.92 Å². The fourth-order valence-corrected chi connectivity index (χ4v) is 3.40. The monoisotopic (exact) mass is 400 g/mol. The van der Waals surface area contributed by atoms with E-state index in [4.69, 9.17) is 14.6 Å². The first kappa shape index (κ1) is 20.2. The van der Waals surface area contributed by atoms with Crippen molar-refractivity contribution in [2.75, 3.05) is 6.61 Å². The van der Waals surface area contributed by atoms with E-state index in [-0.39, 0.29) is 30.1 Å². The van der Waals surface area contributed by atoms with E-state index < -0.39 is 29.7 Å². The van der Waals surface area contributed by atoms with Crippen molar-refractivity contribution in [2.24, 2.45) is 5.92 Å². The van der Waals surface area contributed by atoms with Gasteiger partial charge >= 0.3 is 11.9 Å². The van der Waals surface area contributed by atoms with Crippen molar-refractivity contribution in [1.82, 2.24) is 0 Å². The number of Topliss-reactive ketones (excluding diaryl/α,β-unsaturated/α-hetero) is 1. The van der Waals surface area contributed by atoms with Gasteiger partial charge in [-0.05, 0) is 36.3 Å². The van der Waals surface area contributed by atoms with Crippen LogP contribution in [0, 0.1) is 12.8 Å². The molecule has 0 saturated carbocycles. The number of aliphatic carboxylic acids is 1. The highest BCUT2D eigenvalue weighted by Crippen LogP contribution is 2.35. The van der Waals surface area contributed by atoms with Gasteiger partial charge in [0.2, 0.25) is 0 Å². The summed E-state index contributed by atoms with van der Waals surface area (Å²) in [6, 6.07) is 2.37. The summed E-state index contributed by atoms with van der Waals surface area (Å²) in [6.07, 6.45) is 3.26. The zero-order valence-corrected chi connectivity index (χ0v) is 15.8. The first-order valence-electron chi connectivity index (χ1n) is 8.92. The van der Waals surface area contributed by atoms with E-state index in [0.717, 1.165) is 12.1 Å². The third kappa shape index (κ3) is 4.16. The van der Waals surface area contributed by atoms with Crippen LogP contribution < -0.4 is 0 Å². The summed E-state index contributed by atoms with van der Waals surface area (Å²) in [5.74, 6) is -3.03. The van der Waals surface area contributed by atoms with Crippen LogP contribution in [0.3, 0.4) is 0 Å². The SMILES string of the molecule is Cc1cc(O)cc(O)c1C(=O)O[C@@H]1CC2=C(COC(/C=C/C(=O)O)=C2)C(=O)[C@@H]1C. The molecule has 2 aliphatic rings. The molecule has 0 aromatic heterocycles. The second-order valence-electron chi connectivity index (χ2n) is 6.97. The van der Waals surface area contributed by atoms with Crippen molar-refractivity contribution in [2.45, 2.75) is 26.4 Å². The van der Waals surface area contributed by atoms with Crippen LogP contribution in [0.2, 0.25) is 0 Å². The van der Waals surface area contributed by atoms with E-state index in [1.165, 1.54) is 12.1 Å². The molecule has 0 unspecified atom stereocenters. The maximum Gasteiger partial charge on any atom is 0.342 e. The molecule has 1 aliphatic carbocycles. The molecule has 1 aromatic carbocycles. The number of carboxylic acid groups (broad SMARTS) is 1. The number of phenolic OH excluding ortho intramolecular Hbond substituents is 2. The number of carbonyl (C=O) groups excluding carboxylic acids is 2. The molecule has 152 valence electrons. The fourth-order valence-electron chi connectivity index (χ4n) is 3.40. The number of rotatable bonds is 4. The Labute approximate surface area is 166 Å². The molecule has 0 amide bonds. The lowest BCUT2D eigenvalue weighted by Gasteiger charge is -2.32. The minimum Gasteiger partial charge on any atom is -0.508 e. The third-order valence-corrected chi connectivity index (χ3v) is 4.93. The first-order valence-corrected chi connectivity index (χ1v) is 8.92. The zero-order chi connectivity index (χ0) is 21.3. The number of aryl methyl sites for hydroxylation is 1. The summed E-state index contributed by atoms with van der Waals surface area (Å²) in [6.45, 7) is 3.22. The van der Waals surface area contributed by atoms with Crippen molar-refractivity contribution >= 4 is 17.7 Å². The second kappa shape index (κ2) is 7.83. The highest BCUT2D eigenvalue weighted by atomic mass is 16.5. The maximum atomic E-state index is 12.7. The number of esters is 1. The van der Waals surface area contributed by atoms with Gasteiger partial charge < -0.3 is 24.8 Å². The first-order chi connectivity index (χ1) is 13.7. The van der Waals surface area contributed by atoms with Crippen molar-refractivity contribution in [1.29, 1.82) is 0 Å². The van der Waals surface area contributed by atoms with Crippen LogP contribution in [0.1, 0.15) is 29.3 Å². The summed E-state index contributed by atoms with van der Waals surface area (Å²) < 4.78 is 10.9. The number of benzene rings is 1. The Morgan fingerprint density at radius 3 is 2.66 bits per heavy atom. The molecule has 0 fully saturated rings. The Balaban J connectivity index is 1.84. The van der Waals surface area contributed by atoms with Gasteiger partial charge in [-0.3, -0.25) is 4.79 Å². The average molecular weight is 400 g/mol. The van der Waals surface area contributed by atoms with Crippen molar-refractivity contribution in [3.8, 4) is 11.5 Å². The Hall–Kier alpha value is -3.55. The summed E-state index contributed by atoms with van der Waals surface area (Å²) in [5.41, 5.74) is 1.36. The average Bonchev–Trinajstić information content (AvgIpc) is 2.63. The molecule has 1 aromatic rings. The van der Waals surface area contributed by atoms with Crippen LogP contribution in [0.5, 0.6) is 11.5 Å². The molecule has 2 atom stereocenters. The molecule has 3 N–H and O–H groups in total. The molecule has 0 spiro atoms. The minimum atomic E-state index is -1.13. The van der Waals surface area contributed by atoms with Crippen LogP contribution in [0.25, 0.3) is 0 Å². The van der Waals surface area contributed by atoms with E-state index >= 15 is 0 Å². The van der Waals surface area contributed by atoms with Gasteiger partial charge in [-0.2, -0.15) is 0 Å². The Kier molecular flexibility index (Phi) is 5.45. The maximum absolute atomic E-state index is 12.7. The largest absolute Gasteiger partial charge is 0.508 e. The van der Waals surface area contributed by atoms with Crippen molar-refractivity contribution < 1.29 is 39.2 Å². The minimum absolute atomic E-state index is 0.0207. The number of hydrogen-bond donors (Lipinski definition) is 3. The van der Waals surface area contributed by atoms with Crippen molar-refractivity contribution in [3.05, 3.63) is 58.4 Å². The second-order valence-corrected chi connectivity index (χ2v) is 6.97. The number of allylic oxidation sites excluding steroid dienone is 2. The number of aromatic hydroxyl groups is 2. The number of carbonyl (C=O) groups is 3. The zero-order valence-electron chi connectivity index (χ0n) is 15.8. The quantitative estimate of drug-likeness (QED) is 0.519. The molecule has 1 aliphatic heterocycles. The predicted octanol–water partition coefficient (Wildman–Crippen LogP) is 2.39. The molecule has 0 radical (unpaired) electrons. The molecule has 8 heteroatoms. The third-order valence-electron chi connectivity index (χ3n) is 4.93. The molecule has 1 heterocycles. The van der Waals surface area contributed by atoms with Gasteiger partial charge in [0, 0.05) is 24.1 Å². The van der Waals surface area contributed by atoms with Crippen LogP contribution in [0.4, 0.5) is 0 Å². The van der Waals surface area contributed by atoms with Gasteiger partial charge in [-0.25, -0.2) is 9.59 Å². The van der Waals surface area contributed by atoms with E-state index in [1.54, 1.807) is 19.9 Å². The number of ether oxygens (including phenoxy) is 2. The standard InChI is InChI=1S/C21H20O8/c1-10-5-13(22)8-16(23)19(10)21(27)29-17-7-12-6-14(3-4-18(24)25)28-9-15(12)20(26)11(17)2/h3-6,8,11,17,22-23H,7,9H2,1-2H3,(H,24,25)/b4-3+/t11-,17-/m1/s1. The highest BCUT2D eigenvalue weighted by molar-refractivity contribution is 6.01. The van der Waals surface area contributed by atoms with Crippen LogP contribution in [-0.4, -0.2) is 45.8 Å². The summed E-state index contributed by atoms with van der Waals surface area (Å²) >= 11 is 0. The molecule has 0 saturated heterocycles. The highest BCUT2D eigenvalue weighted by Gasteiger charge is 2.38. The number of phenols is 2. The topological polar surface area (TPSA) is 130 Å². The normalized spacial score (nSPS) is 21.4. The van der Waals surface area contributed by atoms with Gasteiger partial charge in [-0.1, -0.05) is 6.92 Å². The van der Waals surface area contributed by atoms with E-state index in [0.29, 0.717) is 22.5 Å². The molecule has 8 nitrogen and oxygen atoms in total. The van der Waals surface area contributed by atoms with Gasteiger partial charge in [0.15, 0.2) is 5.78 Å². The smallest absolute Gasteiger partial charge is 0.342 e. The van der Waals surface area contributed by atoms with Gasteiger partial charge in [-0.15, -0.1) is 0 Å². The molecule has 0 bridgehead atoms. The lowest BCUT2D eigenvalue weighted by molar-refractivity contribution is -0.131. The van der Waals surface area contributed by atoms with Crippen LogP contribution in [0.15, 0.2) is 47.3 Å². The Bertz CT molecular complexity index is 959. The van der Waals surface area contributed by atoms with Crippen molar-refractivity contribution in [3.63, 3.8) is 0 Å². The van der Waals surface area contributed by atoms with Gasteiger partial charge in [0.25, 0.3) is 0 Å². The van der Waals surface area contributed by atoms with E-state index in [9.17, 15) is 24.6 Å². The molecule has 29 heavy (non-hydrogen) atoms.